The number of nitrogens with zero attached hydrogens (tertiary/aromatic N) is 2. The fraction of sp³-hybridized carbons (Fsp3) is 0.375. The van der Waals surface area contributed by atoms with Gasteiger partial charge in [-0.3, -0.25) is 9.59 Å². The van der Waals surface area contributed by atoms with Gasteiger partial charge >= 0.3 is 12.0 Å². The second-order valence-electron chi connectivity index (χ2n) is 8.09. The molecule has 1 fully saturated rings. The third-order valence-corrected chi connectivity index (χ3v) is 5.99. The van der Waals surface area contributed by atoms with Gasteiger partial charge in [0, 0.05) is 18.1 Å². The van der Waals surface area contributed by atoms with E-state index in [0.29, 0.717) is 30.1 Å². The SMILES string of the molecule is CCOC(=O)CC1(C)C(=O)N(c2cccc(F)c2)C(=O)N1C1CCOc2cc(OC)ccc21. The van der Waals surface area contributed by atoms with Crippen LogP contribution in [0, 0.1) is 5.82 Å². The van der Waals surface area contributed by atoms with Crippen molar-refractivity contribution in [2.75, 3.05) is 25.2 Å². The number of ether oxygens (including phenoxy) is 3. The fourth-order valence-corrected chi connectivity index (χ4v) is 4.47. The van der Waals surface area contributed by atoms with Crippen LogP contribution in [-0.2, 0) is 14.3 Å². The van der Waals surface area contributed by atoms with Gasteiger partial charge in [-0.25, -0.2) is 14.1 Å². The van der Waals surface area contributed by atoms with E-state index < -0.39 is 35.3 Å². The Hall–Kier alpha value is -3.62. The Morgan fingerprint density at radius 3 is 2.73 bits per heavy atom. The summed E-state index contributed by atoms with van der Waals surface area (Å²) in [5.41, 5.74) is -0.738. The first-order valence-corrected chi connectivity index (χ1v) is 10.7. The molecule has 2 heterocycles. The average Bonchev–Trinajstić information content (AvgIpc) is 2.97. The van der Waals surface area contributed by atoms with Crippen LogP contribution in [0.1, 0.15) is 38.3 Å². The summed E-state index contributed by atoms with van der Waals surface area (Å²) in [5, 5.41) is 0. The first-order chi connectivity index (χ1) is 15.8. The summed E-state index contributed by atoms with van der Waals surface area (Å²) in [7, 11) is 1.54. The van der Waals surface area contributed by atoms with E-state index in [1.54, 1.807) is 32.0 Å². The van der Waals surface area contributed by atoms with Crippen LogP contribution in [0.15, 0.2) is 42.5 Å². The van der Waals surface area contributed by atoms with Crippen molar-refractivity contribution in [3.63, 3.8) is 0 Å². The molecule has 33 heavy (non-hydrogen) atoms. The van der Waals surface area contributed by atoms with Gasteiger partial charge in [0.2, 0.25) is 0 Å². The number of fused-ring (bicyclic) bond motifs is 1. The number of methoxy groups -OCH3 is 1. The van der Waals surface area contributed by atoms with Crippen LogP contribution >= 0.6 is 0 Å². The van der Waals surface area contributed by atoms with E-state index >= 15 is 0 Å². The number of rotatable bonds is 6. The molecule has 2 aliphatic rings. The second kappa shape index (κ2) is 8.73. The normalized spacial score (nSPS) is 22.1. The number of esters is 1. The highest BCUT2D eigenvalue weighted by atomic mass is 19.1. The van der Waals surface area contributed by atoms with Gasteiger partial charge < -0.3 is 19.1 Å². The average molecular weight is 456 g/mol. The number of anilines is 1. The van der Waals surface area contributed by atoms with Gasteiger partial charge in [0.05, 0.1) is 38.5 Å². The maximum absolute atomic E-state index is 13.9. The smallest absolute Gasteiger partial charge is 0.332 e. The fourth-order valence-electron chi connectivity index (χ4n) is 4.47. The molecule has 3 amide bonds. The monoisotopic (exact) mass is 456 g/mol. The highest BCUT2D eigenvalue weighted by molar-refractivity contribution is 6.24. The molecule has 2 aromatic rings. The third kappa shape index (κ3) is 3.88. The summed E-state index contributed by atoms with van der Waals surface area (Å²) in [6.45, 7) is 3.66. The quantitative estimate of drug-likeness (QED) is 0.485. The van der Waals surface area contributed by atoms with Gasteiger partial charge in [-0.15, -0.1) is 0 Å². The lowest BCUT2D eigenvalue weighted by Gasteiger charge is -2.40. The van der Waals surface area contributed by atoms with Crippen LogP contribution in [0.4, 0.5) is 14.9 Å². The first kappa shape index (κ1) is 22.6. The Labute approximate surface area is 190 Å². The van der Waals surface area contributed by atoms with E-state index in [1.165, 1.54) is 30.2 Å². The molecule has 0 aromatic heterocycles. The number of hydrogen-bond donors (Lipinski definition) is 0. The maximum Gasteiger partial charge on any atom is 0.332 e. The lowest BCUT2D eigenvalue weighted by Crippen LogP contribution is -2.51. The van der Waals surface area contributed by atoms with Crippen molar-refractivity contribution in [3.05, 3.63) is 53.8 Å². The van der Waals surface area contributed by atoms with Crippen molar-refractivity contribution in [3.8, 4) is 11.5 Å². The first-order valence-electron chi connectivity index (χ1n) is 10.7. The third-order valence-electron chi connectivity index (χ3n) is 5.99. The molecule has 0 spiro atoms. The van der Waals surface area contributed by atoms with Gasteiger partial charge in [-0.2, -0.15) is 0 Å². The van der Waals surface area contributed by atoms with Gasteiger partial charge in [-0.1, -0.05) is 6.07 Å². The summed E-state index contributed by atoms with van der Waals surface area (Å²) in [6.07, 6.45) is 0.0772. The number of carbonyl (C=O) groups is 3. The summed E-state index contributed by atoms with van der Waals surface area (Å²) < 4.78 is 30.1. The second-order valence-corrected chi connectivity index (χ2v) is 8.09. The van der Waals surface area contributed by atoms with Crippen LogP contribution in [0.3, 0.4) is 0 Å². The molecule has 2 atom stereocenters. The van der Waals surface area contributed by atoms with Gasteiger partial charge in [0.25, 0.3) is 5.91 Å². The number of benzene rings is 2. The molecule has 2 unspecified atom stereocenters. The van der Waals surface area contributed by atoms with E-state index in [1.807, 2.05) is 0 Å². The topological polar surface area (TPSA) is 85.4 Å². The molecule has 2 aromatic carbocycles. The van der Waals surface area contributed by atoms with Crippen molar-refractivity contribution in [2.45, 2.75) is 38.3 Å². The van der Waals surface area contributed by atoms with Crippen LogP contribution in [-0.4, -0.2) is 48.7 Å². The van der Waals surface area contributed by atoms with E-state index in [0.717, 1.165) is 11.0 Å². The lowest BCUT2D eigenvalue weighted by atomic mass is 9.90. The summed E-state index contributed by atoms with van der Waals surface area (Å²) in [6, 6.07) is 9.32. The largest absolute Gasteiger partial charge is 0.497 e. The minimum absolute atomic E-state index is 0.101. The van der Waals surface area contributed by atoms with Crippen LogP contribution in [0.25, 0.3) is 0 Å². The Kier molecular flexibility index (Phi) is 5.97. The molecule has 0 N–H and O–H groups in total. The van der Waals surface area contributed by atoms with E-state index in [4.69, 9.17) is 14.2 Å². The molecule has 4 rings (SSSR count). The zero-order valence-corrected chi connectivity index (χ0v) is 18.7. The minimum atomic E-state index is -1.53. The Balaban J connectivity index is 1.81. The van der Waals surface area contributed by atoms with Crippen molar-refractivity contribution in [1.29, 1.82) is 0 Å². The minimum Gasteiger partial charge on any atom is -0.497 e. The molecule has 8 nitrogen and oxygen atoms in total. The summed E-state index contributed by atoms with van der Waals surface area (Å²) in [4.78, 5) is 42.2. The molecular weight excluding hydrogens is 431 g/mol. The molecule has 0 bridgehead atoms. The summed E-state index contributed by atoms with van der Waals surface area (Å²) in [5.74, 6) is -0.674. The Morgan fingerprint density at radius 2 is 2.03 bits per heavy atom. The summed E-state index contributed by atoms with van der Waals surface area (Å²) >= 11 is 0. The molecular formula is C24H25FN2O6. The lowest BCUT2D eigenvalue weighted by molar-refractivity contribution is -0.148. The predicted octanol–water partition coefficient (Wildman–Crippen LogP) is 3.84. The maximum atomic E-state index is 13.9. The number of halogens is 1. The molecule has 0 radical (unpaired) electrons. The molecule has 0 aliphatic carbocycles. The van der Waals surface area contributed by atoms with E-state index in [9.17, 15) is 18.8 Å². The van der Waals surface area contributed by atoms with Gasteiger partial charge in [0.1, 0.15) is 22.9 Å². The number of carbonyl (C=O) groups excluding carboxylic acids is 3. The molecule has 174 valence electrons. The molecule has 2 aliphatic heterocycles. The van der Waals surface area contributed by atoms with Crippen LogP contribution in [0.2, 0.25) is 0 Å². The Morgan fingerprint density at radius 1 is 1.24 bits per heavy atom. The van der Waals surface area contributed by atoms with Crippen molar-refractivity contribution < 1.29 is 33.0 Å². The molecule has 0 saturated carbocycles. The molecule has 9 heteroatoms. The van der Waals surface area contributed by atoms with Gasteiger partial charge in [0.15, 0.2) is 0 Å². The zero-order chi connectivity index (χ0) is 23.8. The number of urea groups is 1. The van der Waals surface area contributed by atoms with E-state index in [2.05, 4.69) is 0 Å². The van der Waals surface area contributed by atoms with Crippen molar-refractivity contribution in [1.82, 2.24) is 4.90 Å². The van der Waals surface area contributed by atoms with Crippen molar-refractivity contribution >= 4 is 23.6 Å². The highest BCUT2D eigenvalue weighted by Crippen LogP contribution is 2.46. The van der Waals surface area contributed by atoms with Gasteiger partial charge in [-0.05, 0) is 44.2 Å². The standard InChI is InChI=1S/C24H25FN2O6/c1-4-32-21(28)14-24(2)22(29)26(16-7-5-6-15(25)12-16)23(30)27(24)19-10-11-33-20-13-17(31-3)8-9-18(19)20/h5-9,12-13,19H,4,10-11,14H2,1-3H3. The predicted molar refractivity (Wildman–Crippen MR) is 117 cm³/mol. The zero-order valence-electron chi connectivity index (χ0n) is 18.7. The molecule has 1 saturated heterocycles. The number of imide groups is 1. The van der Waals surface area contributed by atoms with Crippen LogP contribution < -0.4 is 14.4 Å². The van der Waals surface area contributed by atoms with E-state index in [-0.39, 0.29) is 18.7 Å². The Bertz CT molecular complexity index is 1110. The van der Waals surface area contributed by atoms with Crippen molar-refractivity contribution in [2.24, 2.45) is 0 Å². The van der Waals surface area contributed by atoms with Crippen LogP contribution in [0.5, 0.6) is 11.5 Å². The number of amides is 3. The number of hydrogen-bond acceptors (Lipinski definition) is 6. The highest BCUT2D eigenvalue weighted by Gasteiger charge is 2.59.